The number of hydrogen-bond acceptors (Lipinski definition) is 5. The first-order valence-corrected chi connectivity index (χ1v) is 5.95. The van der Waals surface area contributed by atoms with Gasteiger partial charge in [-0.1, -0.05) is 6.07 Å². The minimum Gasteiger partial charge on any atom is -0.395 e. The first kappa shape index (κ1) is 11.7. The van der Waals surface area contributed by atoms with Crippen LogP contribution < -0.4 is 5.32 Å². The maximum atomic E-state index is 11.5. The Balaban J connectivity index is 2.14. The molecule has 2 N–H and O–H groups in total. The van der Waals surface area contributed by atoms with Crippen molar-refractivity contribution in [3.8, 4) is 10.7 Å². The van der Waals surface area contributed by atoms with E-state index in [1.807, 2.05) is 18.2 Å². The summed E-state index contributed by atoms with van der Waals surface area (Å²) in [6.45, 7) is 0.151. The van der Waals surface area contributed by atoms with Gasteiger partial charge in [0.2, 0.25) is 0 Å². The molecule has 1 amide bonds. The standard InChI is InChI=1S/C11H11N3O2S/c15-6-5-13-10(16)9-7-17-11(14-9)8-3-1-2-4-12-8/h1-4,7,15H,5-6H2,(H,13,16). The van der Waals surface area contributed by atoms with Gasteiger partial charge in [0.1, 0.15) is 10.7 Å². The number of pyridine rings is 1. The van der Waals surface area contributed by atoms with Gasteiger partial charge in [-0.15, -0.1) is 11.3 Å². The van der Waals surface area contributed by atoms with Crippen LogP contribution in [0.3, 0.4) is 0 Å². The Morgan fingerprint density at radius 1 is 1.47 bits per heavy atom. The monoisotopic (exact) mass is 249 g/mol. The van der Waals surface area contributed by atoms with E-state index in [1.54, 1.807) is 11.6 Å². The second-order valence-corrected chi connectivity index (χ2v) is 4.09. The van der Waals surface area contributed by atoms with Crippen LogP contribution in [0.25, 0.3) is 10.7 Å². The molecule has 6 heteroatoms. The van der Waals surface area contributed by atoms with E-state index in [9.17, 15) is 4.79 Å². The zero-order chi connectivity index (χ0) is 12.1. The molecular formula is C11H11N3O2S. The molecule has 2 heterocycles. The summed E-state index contributed by atoms with van der Waals surface area (Å²) in [5, 5.41) is 13.5. The highest BCUT2D eigenvalue weighted by Crippen LogP contribution is 2.20. The molecule has 0 aliphatic heterocycles. The van der Waals surface area contributed by atoms with Gasteiger partial charge < -0.3 is 10.4 Å². The van der Waals surface area contributed by atoms with Crippen LogP contribution in [0.4, 0.5) is 0 Å². The molecule has 0 aromatic carbocycles. The number of nitrogens with one attached hydrogen (secondary N) is 1. The smallest absolute Gasteiger partial charge is 0.270 e. The molecule has 0 unspecified atom stereocenters. The van der Waals surface area contributed by atoms with Crippen molar-refractivity contribution < 1.29 is 9.90 Å². The second-order valence-electron chi connectivity index (χ2n) is 3.23. The summed E-state index contributed by atoms with van der Waals surface area (Å²) in [7, 11) is 0. The molecule has 0 atom stereocenters. The summed E-state index contributed by atoms with van der Waals surface area (Å²) < 4.78 is 0. The van der Waals surface area contributed by atoms with Crippen molar-refractivity contribution >= 4 is 17.2 Å². The Kier molecular flexibility index (Phi) is 3.79. The summed E-state index contributed by atoms with van der Waals surface area (Å²) in [4.78, 5) is 19.9. The molecule has 0 spiro atoms. The van der Waals surface area contributed by atoms with Gasteiger partial charge in [0.05, 0.1) is 12.3 Å². The Bertz CT molecular complexity index is 498. The first-order chi connectivity index (χ1) is 8.31. The third kappa shape index (κ3) is 2.86. The minimum absolute atomic E-state index is 0.0804. The lowest BCUT2D eigenvalue weighted by Crippen LogP contribution is -2.26. The van der Waals surface area contributed by atoms with Gasteiger partial charge >= 0.3 is 0 Å². The van der Waals surface area contributed by atoms with E-state index >= 15 is 0 Å². The van der Waals surface area contributed by atoms with Crippen LogP contribution in [0.1, 0.15) is 10.5 Å². The number of thiazole rings is 1. The molecule has 0 bridgehead atoms. The molecule has 5 nitrogen and oxygen atoms in total. The molecule has 0 aliphatic carbocycles. The Morgan fingerprint density at radius 2 is 2.35 bits per heavy atom. The predicted octanol–water partition coefficient (Wildman–Crippen LogP) is 0.927. The molecule has 0 fully saturated rings. The van der Waals surface area contributed by atoms with Crippen molar-refractivity contribution in [2.75, 3.05) is 13.2 Å². The molecule has 2 rings (SSSR count). The lowest BCUT2D eigenvalue weighted by atomic mass is 10.3. The number of hydrogen-bond donors (Lipinski definition) is 2. The summed E-state index contributed by atoms with van der Waals surface area (Å²) in [5.74, 6) is -0.280. The van der Waals surface area contributed by atoms with E-state index in [0.717, 1.165) is 5.69 Å². The number of rotatable bonds is 4. The van der Waals surface area contributed by atoms with Crippen LogP contribution in [0.15, 0.2) is 29.8 Å². The quantitative estimate of drug-likeness (QED) is 0.845. The van der Waals surface area contributed by atoms with Crippen LogP contribution in [-0.4, -0.2) is 34.1 Å². The predicted molar refractivity (Wildman–Crippen MR) is 64.8 cm³/mol. The number of carbonyl (C=O) groups is 1. The molecular weight excluding hydrogens is 238 g/mol. The van der Waals surface area contributed by atoms with Crippen LogP contribution in [0, 0.1) is 0 Å². The first-order valence-electron chi connectivity index (χ1n) is 5.07. The fourth-order valence-corrected chi connectivity index (χ4v) is 2.02. The second kappa shape index (κ2) is 5.51. The lowest BCUT2D eigenvalue weighted by Gasteiger charge is -1.98. The molecule has 17 heavy (non-hydrogen) atoms. The highest BCUT2D eigenvalue weighted by atomic mass is 32.1. The van der Waals surface area contributed by atoms with Gasteiger partial charge in [0, 0.05) is 18.1 Å². The highest BCUT2D eigenvalue weighted by molar-refractivity contribution is 7.13. The Morgan fingerprint density at radius 3 is 3.06 bits per heavy atom. The van der Waals surface area contributed by atoms with E-state index < -0.39 is 0 Å². The topological polar surface area (TPSA) is 75.1 Å². The average molecular weight is 249 g/mol. The van der Waals surface area contributed by atoms with Crippen molar-refractivity contribution in [3.05, 3.63) is 35.5 Å². The third-order valence-electron chi connectivity index (χ3n) is 2.02. The SMILES string of the molecule is O=C(NCCO)c1csc(-c2ccccn2)n1. The fraction of sp³-hybridized carbons (Fsp3) is 0.182. The van der Waals surface area contributed by atoms with Crippen molar-refractivity contribution in [2.45, 2.75) is 0 Å². The van der Waals surface area contributed by atoms with E-state index in [4.69, 9.17) is 5.11 Å². The molecule has 2 aromatic rings. The van der Waals surface area contributed by atoms with Crippen LogP contribution >= 0.6 is 11.3 Å². The zero-order valence-electron chi connectivity index (χ0n) is 8.96. The number of aromatic nitrogens is 2. The summed E-state index contributed by atoms with van der Waals surface area (Å²) >= 11 is 1.37. The summed E-state index contributed by atoms with van der Waals surface area (Å²) in [6, 6.07) is 5.54. The fourth-order valence-electron chi connectivity index (χ4n) is 1.24. The van der Waals surface area contributed by atoms with Gasteiger partial charge in [-0.25, -0.2) is 4.98 Å². The van der Waals surface area contributed by atoms with Crippen LogP contribution in [0.5, 0.6) is 0 Å². The molecule has 0 saturated carbocycles. The van der Waals surface area contributed by atoms with Gasteiger partial charge in [-0.3, -0.25) is 9.78 Å². The highest BCUT2D eigenvalue weighted by Gasteiger charge is 2.11. The minimum atomic E-state index is -0.280. The summed E-state index contributed by atoms with van der Waals surface area (Å²) in [5.41, 5.74) is 1.10. The zero-order valence-corrected chi connectivity index (χ0v) is 9.78. The van der Waals surface area contributed by atoms with Crippen molar-refractivity contribution in [1.29, 1.82) is 0 Å². The maximum absolute atomic E-state index is 11.5. The molecule has 0 radical (unpaired) electrons. The van der Waals surface area contributed by atoms with Crippen molar-refractivity contribution in [3.63, 3.8) is 0 Å². The molecule has 88 valence electrons. The molecule has 0 aliphatic rings. The van der Waals surface area contributed by atoms with E-state index in [1.165, 1.54) is 11.3 Å². The number of aliphatic hydroxyl groups excluding tert-OH is 1. The van der Waals surface area contributed by atoms with Crippen LogP contribution in [0.2, 0.25) is 0 Å². The number of nitrogens with zero attached hydrogens (tertiary/aromatic N) is 2. The molecule has 2 aromatic heterocycles. The largest absolute Gasteiger partial charge is 0.395 e. The van der Waals surface area contributed by atoms with Gasteiger partial charge in [0.15, 0.2) is 0 Å². The van der Waals surface area contributed by atoms with Crippen molar-refractivity contribution in [1.82, 2.24) is 15.3 Å². The van der Waals surface area contributed by atoms with Gasteiger partial charge in [0.25, 0.3) is 5.91 Å². The molecule has 0 saturated heterocycles. The average Bonchev–Trinajstić information content (AvgIpc) is 2.86. The Labute approximate surface area is 102 Å². The maximum Gasteiger partial charge on any atom is 0.270 e. The van der Waals surface area contributed by atoms with Crippen LogP contribution in [-0.2, 0) is 0 Å². The number of aliphatic hydroxyl groups is 1. The van der Waals surface area contributed by atoms with E-state index in [-0.39, 0.29) is 19.1 Å². The van der Waals surface area contributed by atoms with E-state index in [0.29, 0.717) is 10.7 Å². The lowest BCUT2D eigenvalue weighted by molar-refractivity contribution is 0.0940. The van der Waals surface area contributed by atoms with Crippen molar-refractivity contribution in [2.24, 2.45) is 0 Å². The third-order valence-corrected chi connectivity index (χ3v) is 2.88. The van der Waals surface area contributed by atoms with Gasteiger partial charge in [-0.05, 0) is 12.1 Å². The normalized spacial score (nSPS) is 10.2. The number of carbonyl (C=O) groups excluding carboxylic acids is 1. The summed E-state index contributed by atoms with van der Waals surface area (Å²) in [6.07, 6.45) is 1.68. The number of amides is 1. The Hall–Kier alpha value is -1.79. The van der Waals surface area contributed by atoms with Gasteiger partial charge in [-0.2, -0.15) is 0 Å². The van der Waals surface area contributed by atoms with E-state index in [2.05, 4.69) is 15.3 Å².